The number of hydrogen-bond acceptors (Lipinski definition) is 3. The standard InChI is InChI=1S/C27H31IN3O3/c1-2-29-23-13-12-20(34-15-14-28)16-24(23)30(17-19-8-4-3-5-9-19)25(29)18-31-26(32)21-10-6-7-11-22(21)27(31)33/h6-7,10-13,16,19H,2-5,8-9,14-15,17-18H2,1H3/q+1. The summed E-state index contributed by atoms with van der Waals surface area (Å²) in [6.45, 7) is 4.73. The molecular formula is C27H31IN3O3+. The monoisotopic (exact) mass is 572 g/mol. The van der Waals surface area contributed by atoms with Gasteiger partial charge in [-0.25, -0.2) is 9.13 Å². The first kappa shape index (κ1) is 23.3. The van der Waals surface area contributed by atoms with Crippen LogP contribution in [0.5, 0.6) is 5.75 Å². The lowest BCUT2D eigenvalue weighted by Gasteiger charge is -2.21. The second-order valence-corrected chi connectivity index (χ2v) is 10.3. The second kappa shape index (κ2) is 10.1. The van der Waals surface area contributed by atoms with Crippen LogP contribution in [-0.4, -0.2) is 32.3 Å². The molecule has 178 valence electrons. The first-order valence-electron chi connectivity index (χ1n) is 12.3. The third-order valence-electron chi connectivity index (χ3n) is 7.16. The number of ether oxygens (including phenoxy) is 1. The minimum atomic E-state index is -0.205. The average Bonchev–Trinajstić information content (AvgIpc) is 3.29. The normalized spacial score (nSPS) is 16.5. The van der Waals surface area contributed by atoms with E-state index in [1.165, 1.54) is 37.0 Å². The molecule has 2 aliphatic rings. The Balaban J connectivity index is 1.58. The Morgan fingerprint density at radius 3 is 2.38 bits per heavy atom. The van der Waals surface area contributed by atoms with Gasteiger partial charge in [-0.15, -0.1) is 0 Å². The van der Waals surface area contributed by atoms with Gasteiger partial charge in [0.2, 0.25) is 0 Å². The van der Waals surface area contributed by atoms with E-state index >= 15 is 0 Å². The third-order valence-corrected chi connectivity index (χ3v) is 7.60. The molecule has 1 fully saturated rings. The van der Waals surface area contributed by atoms with Crippen molar-refractivity contribution in [1.82, 2.24) is 9.47 Å². The topological polar surface area (TPSA) is 55.4 Å². The van der Waals surface area contributed by atoms with Gasteiger partial charge in [0.25, 0.3) is 17.6 Å². The van der Waals surface area contributed by atoms with E-state index in [1.807, 2.05) is 18.2 Å². The Hall–Kier alpha value is -2.42. The molecule has 3 aromatic rings. The van der Waals surface area contributed by atoms with Gasteiger partial charge >= 0.3 is 0 Å². The molecule has 0 saturated heterocycles. The van der Waals surface area contributed by atoms with E-state index < -0.39 is 0 Å². The minimum Gasteiger partial charge on any atom is -0.493 e. The highest BCUT2D eigenvalue weighted by Gasteiger charge is 2.39. The lowest BCUT2D eigenvalue weighted by atomic mass is 9.89. The van der Waals surface area contributed by atoms with E-state index in [4.69, 9.17) is 4.74 Å². The van der Waals surface area contributed by atoms with Gasteiger partial charge in [-0.05, 0) is 49.9 Å². The van der Waals surface area contributed by atoms with E-state index in [-0.39, 0.29) is 18.4 Å². The van der Waals surface area contributed by atoms with Crippen LogP contribution < -0.4 is 9.30 Å². The van der Waals surface area contributed by atoms with E-state index in [1.54, 1.807) is 12.1 Å². The average molecular weight is 572 g/mol. The van der Waals surface area contributed by atoms with Crippen molar-refractivity contribution in [2.75, 3.05) is 11.0 Å². The molecule has 7 heteroatoms. The molecule has 0 radical (unpaired) electrons. The third kappa shape index (κ3) is 4.23. The molecule has 5 rings (SSSR count). The first-order chi connectivity index (χ1) is 16.6. The summed E-state index contributed by atoms with van der Waals surface area (Å²) in [5.74, 6) is 2.06. The molecule has 0 atom stereocenters. The minimum absolute atomic E-state index is 0.205. The number of carbonyl (C=O) groups is 2. The van der Waals surface area contributed by atoms with Gasteiger partial charge in [-0.1, -0.05) is 54.0 Å². The molecule has 6 nitrogen and oxygen atoms in total. The summed E-state index contributed by atoms with van der Waals surface area (Å²) < 4.78 is 11.5. The summed E-state index contributed by atoms with van der Waals surface area (Å²) in [7, 11) is 0. The van der Waals surface area contributed by atoms with Crippen LogP contribution in [0.1, 0.15) is 65.6 Å². The lowest BCUT2D eigenvalue weighted by Crippen LogP contribution is -2.42. The van der Waals surface area contributed by atoms with Gasteiger partial charge in [0.15, 0.2) is 11.0 Å². The number of benzene rings is 2. The number of aryl methyl sites for hydroxylation is 1. The lowest BCUT2D eigenvalue weighted by molar-refractivity contribution is -0.677. The van der Waals surface area contributed by atoms with Crippen LogP contribution in [0.4, 0.5) is 0 Å². The Morgan fingerprint density at radius 1 is 1.03 bits per heavy atom. The van der Waals surface area contributed by atoms with Gasteiger partial charge in [0.1, 0.15) is 12.3 Å². The van der Waals surface area contributed by atoms with Crippen molar-refractivity contribution in [3.63, 3.8) is 0 Å². The quantitative estimate of drug-likeness (QED) is 0.163. The van der Waals surface area contributed by atoms with Crippen LogP contribution >= 0.6 is 22.6 Å². The van der Waals surface area contributed by atoms with Crippen molar-refractivity contribution in [3.8, 4) is 5.75 Å². The van der Waals surface area contributed by atoms with Crippen molar-refractivity contribution in [3.05, 3.63) is 59.4 Å². The number of fused-ring (bicyclic) bond motifs is 2. The second-order valence-electron chi connectivity index (χ2n) is 9.21. The molecular weight excluding hydrogens is 541 g/mol. The predicted octanol–water partition coefficient (Wildman–Crippen LogP) is 5.14. The van der Waals surface area contributed by atoms with Gasteiger partial charge in [-0.3, -0.25) is 14.5 Å². The summed E-state index contributed by atoms with van der Waals surface area (Å²) >= 11 is 2.32. The van der Waals surface area contributed by atoms with Gasteiger partial charge in [-0.2, -0.15) is 0 Å². The fourth-order valence-electron chi connectivity index (χ4n) is 5.50. The molecule has 0 spiro atoms. The summed E-state index contributed by atoms with van der Waals surface area (Å²) in [6.07, 6.45) is 6.31. The zero-order chi connectivity index (χ0) is 23.7. The predicted molar refractivity (Wildman–Crippen MR) is 139 cm³/mol. The van der Waals surface area contributed by atoms with Crippen LogP contribution in [0.25, 0.3) is 11.0 Å². The summed E-state index contributed by atoms with van der Waals surface area (Å²) in [5, 5.41) is 0. The van der Waals surface area contributed by atoms with Crippen molar-refractivity contribution < 1.29 is 18.9 Å². The Morgan fingerprint density at radius 2 is 1.74 bits per heavy atom. The maximum Gasteiger partial charge on any atom is 0.277 e. The molecule has 34 heavy (non-hydrogen) atoms. The molecule has 0 bridgehead atoms. The maximum absolute atomic E-state index is 13.2. The van der Waals surface area contributed by atoms with Crippen LogP contribution in [0.2, 0.25) is 0 Å². The highest BCUT2D eigenvalue weighted by atomic mass is 127. The van der Waals surface area contributed by atoms with Crippen LogP contribution in [0.3, 0.4) is 0 Å². The number of hydrogen-bond donors (Lipinski definition) is 0. The number of alkyl halides is 1. The maximum atomic E-state index is 13.2. The zero-order valence-electron chi connectivity index (χ0n) is 19.6. The smallest absolute Gasteiger partial charge is 0.277 e. The number of nitrogens with zero attached hydrogens (tertiary/aromatic N) is 3. The molecule has 0 unspecified atom stereocenters. The fraction of sp³-hybridized carbons (Fsp3) is 0.444. The summed E-state index contributed by atoms with van der Waals surface area (Å²) in [4.78, 5) is 27.7. The molecule has 2 amide bonds. The zero-order valence-corrected chi connectivity index (χ0v) is 21.8. The van der Waals surface area contributed by atoms with Crippen molar-refractivity contribution >= 4 is 45.4 Å². The molecule has 2 aromatic carbocycles. The van der Waals surface area contributed by atoms with Gasteiger partial charge < -0.3 is 4.74 Å². The van der Waals surface area contributed by atoms with Crippen LogP contribution in [0.15, 0.2) is 42.5 Å². The van der Waals surface area contributed by atoms with E-state index in [0.29, 0.717) is 23.7 Å². The van der Waals surface area contributed by atoms with Gasteiger partial charge in [0, 0.05) is 10.5 Å². The van der Waals surface area contributed by atoms with E-state index in [9.17, 15) is 9.59 Å². The van der Waals surface area contributed by atoms with Crippen molar-refractivity contribution in [2.45, 2.75) is 58.7 Å². The Labute approximate surface area is 214 Å². The molecule has 1 aromatic heterocycles. The van der Waals surface area contributed by atoms with Crippen LogP contribution in [0, 0.1) is 5.92 Å². The number of halogens is 1. The van der Waals surface area contributed by atoms with Crippen molar-refractivity contribution in [2.24, 2.45) is 5.92 Å². The van der Waals surface area contributed by atoms with E-state index in [0.717, 1.165) is 40.1 Å². The molecule has 2 heterocycles. The largest absolute Gasteiger partial charge is 0.493 e. The number of carbonyl (C=O) groups excluding carboxylic acids is 2. The highest BCUT2D eigenvalue weighted by molar-refractivity contribution is 14.1. The summed E-state index contributed by atoms with van der Waals surface area (Å²) in [5.41, 5.74) is 3.23. The first-order valence-corrected chi connectivity index (χ1v) is 13.8. The van der Waals surface area contributed by atoms with Crippen LogP contribution in [-0.2, 0) is 19.6 Å². The number of rotatable bonds is 8. The fourth-order valence-corrected chi connectivity index (χ4v) is 5.72. The number of imide groups is 1. The summed E-state index contributed by atoms with van der Waals surface area (Å²) in [6, 6.07) is 13.4. The molecule has 0 N–H and O–H groups in total. The number of amides is 2. The Kier molecular flexibility index (Phi) is 6.90. The van der Waals surface area contributed by atoms with Crippen molar-refractivity contribution in [1.29, 1.82) is 0 Å². The van der Waals surface area contributed by atoms with E-state index in [2.05, 4.69) is 50.8 Å². The number of aromatic nitrogens is 2. The van der Waals surface area contributed by atoms with Gasteiger partial charge in [0.05, 0.1) is 30.8 Å². The molecule has 1 aliphatic carbocycles. The highest BCUT2D eigenvalue weighted by Crippen LogP contribution is 2.30. The molecule has 1 saturated carbocycles. The number of imidazole rings is 1. The molecule has 1 aliphatic heterocycles. The Bertz CT molecular complexity index is 1190. The SMILES string of the molecule is CC[n+]1c(CN2C(=O)c3ccccc3C2=O)n(CC2CCCCC2)c2cc(OCCI)ccc21.